The van der Waals surface area contributed by atoms with Crippen molar-refractivity contribution >= 4 is 11.8 Å². The first-order valence-corrected chi connectivity index (χ1v) is 9.46. The summed E-state index contributed by atoms with van der Waals surface area (Å²) in [7, 11) is 0. The summed E-state index contributed by atoms with van der Waals surface area (Å²) < 4.78 is 0. The zero-order valence-corrected chi connectivity index (χ0v) is 16.5. The predicted molar refractivity (Wildman–Crippen MR) is 106 cm³/mol. The molecule has 1 aromatic carbocycles. The maximum absolute atomic E-state index is 12.5. The van der Waals surface area contributed by atoms with E-state index in [1.165, 1.54) is 0 Å². The van der Waals surface area contributed by atoms with Crippen LogP contribution in [0.15, 0.2) is 30.3 Å². The largest absolute Gasteiger partial charge is 0.352 e. The highest BCUT2D eigenvalue weighted by Crippen LogP contribution is 2.10. The molecule has 6 heteroatoms. The van der Waals surface area contributed by atoms with E-state index in [0.29, 0.717) is 41.9 Å². The number of hydrogen-bond acceptors (Lipinski definition) is 4. The van der Waals surface area contributed by atoms with Gasteiger partial charge < -0.3 is 10.6 Å². The van der Waals surface area contributed by atoms with Gasteiger partial charge in [0, 0.05) is 18.2 Å². The van der Waals surface area contributed by atoms with E-state index < -0.39 is 0 Å². The molecule has 2 amide bonds. The lowest BCUT2D eigenvalue weighted by Crippen LogP contribution is -2.36. The van der Waals surface area contributed by atoms with Gasteiger partial charge in [-0.3, -0.25) is 9.59 Å². The second-order valence-corrected chi connectivity index (χ2v) is 6.63. The van der Waals surface area contributed by atoms with Crippen LogP contribution >= 0.6 is 0 Å². The fourth-order valence-corrected chi connectivity index (χ4v) is 2.89. The van der Waals surface area contributed by atoms with Crippen molar-refractivity contribution in [2.45, 2.75) is 53.0 Å². The fraction of sp³-hybridized carbons (Fsp3) is 0.429. The van der Waals surface area contributed by atoms with E-state index in [0.717, 1.165) is 12.0 Å². The van der Waals surface area contributed by atoms with Crippen molar-refractivity contribution < 1.29 is 9.59 Å². The van der Waals surface area contributed by atoms with E-state index in [-0.39, 0.29) is 17.9 Å². The van der Waals surface area contributed by atoms with Gasteiger partial charge in [-0.25, -0.2) is 0 Å². The van der Waals surface area contributed by atoms with Crippen LogP contribution in [0.25, 0.3) is 0 Å². The fourth-order valence-electron chi connectivity index (χ4n) is 2.89. The van der Waals surface area contributed by atoms with E-state index in [2.05, 4.69) is 20.8 Å². The molecule has 0 bridgehead atoms. The van der Waals surface area contributed by atoms with Crippen molar-refractivity contribution in [1.82, 2.24) is 20.8 Å². The van der Waals surface area contributed by atoms with Crippen LogP contribution in [0.2, 0.25) is 0 Å². The molecule has 27 heavy (non-hydrogen) atoms. The lowest BCUT2D eigenvalue weighted by molar-refractivity contribution is 0.0935. The molecule has 2 aromatic rings. The van der Waals surface area contributed by atoms with Crippen molar-refractivity contribution in [3.63, 3.8) is 0 Å². The van der Waals surface area contributed by atoms with Gasteiger partial charge in [-0.05, 0) is 50.8 Å². The Morgan fingerprint density at radius 2 is 1.78 bits per heavy atom. The molecule has 0 fully saturated rings. The van der Waals surface area contributed by atoms with E-state index >= 15 is 0 Å². The minimum atomic E-state index is -0.153. The highest BCUT2D eigenvalue weighted by Gasteiger charge is 2.16. The number of aromatic nitrogens is 2. The molecule has 1 aromatic heterocycles. The first-order valence-electron chi connectivity index (χ1n) is 9.46. The predicted octanol–water partition coefficient (Wildman–Crippen LogP) is 2.85. The Morgan fingerprint density at radius 3 is 2.48 bits per heavy atom. The molecular formula is C21H28N4O2. The average molecular weight is 368 g/mol. The van der Waals surface area contributed by atoms with Gasteiger partial charge in [-0.15, -0.1) is 0 Å². The third-order valence-electron chi connectivity index (χ3n) is 4.46. The molecule has 0 aliphatic rings. The first kappa shape index (κ1) is 20.6. The molecule has 1 heterocycles. The van der Waals surface area contributed by atoms with Crippen LogP contribution in [0, 0.1) is 6.92 Å². The van der Waals surface area contributed by atoms with Crippen molar-refractivity contribution in [2.24, 2.45) is 0 Å². The summed E-state index contributed by atoms with van der Waals surface area (Å²) in [5.41, 5.74) is 3.71. The standard InChI is InChI=1S/C21H28N4O2/c1-5-16-9-7-8-10-17(16)20(26)22-12-11-14(3)23-21(27)18-13-15(4)24-25-19(18)6-2/h7-10,13-14H,5-6,11-12H2,1-4H3,(H,22,26)(H,23,27)/t14-/m0/s1. The number of amides is 2. The monoisotopic (exact) mass is 368 g/mol. The van der Waals surface area contributed by atoms with Crippen molar-refractivity contribution in [2.75, 3.05) is 6.54 Å². The maximum Gasteiger partial charge on any atom is 0.253 e. The number of carbonyl (C=O) groups is 2. The van der Waals surface area contributed by atoms with Crippen LogP contribution in [0.3, 0.4) is 0 Å². The van der Waals surface area contributed by atoms with Crippen LogP contribution in [0.5, 0.6) is 0 Å². The number of carbonyl (C=O) groups excluding carboxylic acids is 2. The molecule has 0 spiro atoms. The summed E-state index contributed by atoms with van der Waals surface area (Å²) in [4.78, 5) is 24.9. The molecular weight excluding hydrogens is 340 g/mol. The number of nitrogens with zero attached hydrogens (tertiary/aromatic N) is 2. The maximum atomic E-state index is 12.5. The Hall–Kier alpha value is -2.76. The third-order valence-corrected chi connectivity index (χ3v) is 4.46. The van der Waals surface area contributed by atoms with Crippen molar-refractivity contribution in [3.8, 4) is 0 Å². The van der Waals surface area contributed by atoms with Crippen LogP contribution in [-0.4, -0.2) is 34.6 Å². The Kier molecular flexibility index (Phi) is 7.46. The summed E-state index contributed by atoms with van der Waals surface area (Å²) in [6.45, 7) is 8.22. The smallest absolute Gasteiger partial charge is 0.253 e. The second kappa shape index (κ2) is 9.80. The summed E-state index contributed by atoms with van der Waals surface area (Å²) in [5, 5.41) is 14.0. The molecule has 1 atom stereocenters. The summed E-state index contributed by atoms with van der Waals surface area (Å²) in [5.74, 6) is -0.229. The number of benzene rings is 1. The van der Waals surface area contributed by atoms with Gasteiger partial charge in [0.25, 0.3) is 11.8 Å². The molecule has 2 N–H and O–H groups in total. The molecule has 0 radical (unpaired) electrons. The molecule has 144 valence electrons. The molecule has 0 aliphatic heterocycles. The van der Waals surface area contributed by atoms with Gasteiger partial charge in [0.1, 0.15) is 0 Å². The number of nitrogens with one attached hydrogen (secondary N) is 2. The summed E-state index contributed by atoms with van der Waals surface area (Å²) >= 11 is 0. The normalized spacial score (nSPS) is 11.7. The first-order chi connectivity index (χ1) is 13.0. The van der Waals surface area contributed by atoms with Crippen LogP contribution < -0.4 is 10.6 Å². The highest BCUT2D eigenvalue weighted by molar-refractivity contribution is 5.96. The summed E-state index contributed by atoms with van der Waals surface area (Å²) in [6.07, 6.45) is 2.11. The number of rotatable bonds is 8. The number of hydrogen-bond donors (Lipinski definition) is 2. The Bertz CT molecular complexity index is 805. The Morgan fingerprint density at radius 1 is 1.04 bits per heavy atom. The molecule has 0 aliphatic carbocycles. The van der Waals surface area contributed by atoms with Gasteiger partial charge in [0.15, 0.2) is 0 Å². The third kappa shape index (κ3) is 5.61. The molecule has 0 saturated heterocycles. The Balaban J connectivity index is 1.87. The second-order valence-electron chi connectivity index (χ2n) is 6.63. The molecule has 2 rings (SSSR count). The minimum absolute atomic E-state index is 0.0719. The van der Waals surface area contributed by atoms with Gasteiger partial charge >= 0.3 is 0 Å². The van der Waals surface area contributed by atoms with E-state index in [4.69, 9.17) is 0 Å². The van der Waals surface area contributed by atoms with Crippen molar-refractivity contribution in [3.05, 3.63) is 58.4 Å². The molecule has 0 saturated carbocycles. The van der Waals surface area contributed by atoms with Crippen LogP contribution in [0.4, 0.5) is 0 Å². The van der Waals surface area contributed by atoms with Gasteiger partial charge in [-0.1, -0.05) is 32.0 Å². The van der Waals surface area contributed by atoms with E-state index in [1.54, 1.807) is 6.07 Å². The van der Waals surface area contributed by atoms with Crippen molar-refractivity contribution in [1.29, 1.82) is 0 Å². The summed E-state index contributed by atoms with van der Waals surface area (Å²) in [6, 6.07) is 9.30. The lowest BCUT2D eigenvalue weighted by Gasteiger charge is -2.16. The van der Waals surface area contributed by atoms with E-state index in [1.807, 2.05) is 52.0 Å². The number of aryl methyl sites for hydroxylation is 3. The van der Waals surface area contributed by atoms with Gasteiger partial charge in [0.2, 0.25) is 0 Å². The average Bonchev–Trinajstić information content (AvgIpc) is 2.67. The molecule has 6 nitrogen and oxygen atoms in total. The van der Waals surface area contributed by atoms with Crippen LogP contribution in [0.1, 0.15) is 64.9 Å². The zero-order chi connectivity index (χ0) is 19.8. The SMILES string of the molecule is CCc1ccccc1C(=O)NCC[C@H](C)NC(=O)c1cc(C)nnc1CC. The lowest BCUT2D eigenvalue weighted by atomic mass is 10.0. The van der Waals surface area contributed by atoms with Gasteiger partial charge in [0.05, 0.1) is 17.0 Å². The van der Waals surface area contributed by atoms with Gasteiger partial charge in [-0.2, -0.15) is 10.2 Å². The molecule has 0 unspecified atom stereocenters. The quantitative estimate of drug-likeness (QED) is 0.750. The highest BCUT2D eigenvalue weighted by atomic mass is 16.2. The Labute approximate surface area is 160 Å². The minimum Gasteiger partial charge on any atom is -0.352 e. The van der Waals surface area contributed by atoms with E-state index in [9.17, 15) is 9.59 Å². The zero-order valence-electron chi connectivity index (χ0n) is 16.5. The topological polar surface area (TPSA) is 84.0 Å². The van der Waals surface area contributed by atoms with Crippen LogP contribution in [-0.2, 0) is 12.8 Å².